The van der Waals surface area contributed by atoms with Crippen molar-refractivity contribution in [3.63, 3.8) is 0 Å². The Kier molecular flexibility index (Phi) is 5.56. The highest BCUT2D eigenvalue weighted by molar-refractivity contribution is 6.32. The molecule has 0 aromatic heterocycles. The molecule has 1 saturated carbocycles. The lowest BCUT2D eigenvalue weighted by molar-refractivity contribution is 0.0949. The summed E-state index contributed by atoms with van der Waals surface area (Å²) in [5.41, 5.74) is 2.24. The van der Waals surface area contributed by atoms with Crippen molar-refractivity contribution < 1.29 is 19.1 Å². The third-order valence-electron chi connectivity index (χ3n) is 4.36. The molecular weight excluding hydrogens is 368 g/mol. The molecule has 0 spiro atoms. The molecule has 0 radical (unpaired) electrons. The smallest absolute Gasteiger partial charge is 0.255 e. The maximum absolute atomic E-state index is 12.7. The first-order valence-corrected chi connectivity index (χ1v) is 8.95. The van der Waals surface area contributed by atoms with Crippen LogP contribution in [0.3, 0.4) is 0 Å². The van der Waals surface area contributed by atoms with Crippen molar-refractivity contribution in [1.82, 2.24) is 5.32 Å². The lowest BCUT2D eigenvalue weighted by atomic mass is 10.1. The van der Waals surface area contributed by atoms with E-state index in [0.29, 0.717) is 28.3 Å². The fourth-order valence-electron chi connectivity index (χ4n) is 2.64. The van der Waals surface area contributed by atoms with Crippen LogP contribution < -0.4 is 20.1 Å². The van der Waals surface area contributed by atoms with Crippen LogP contribution in [0, 0.1) is 6.92 Å². The Labute approximate surface area is 162 Å². The molecular formula is C20H21ClN2O4. The van der Waals surface area contributed by atoms with E-state index in [-0.39, 0.29) is 22.9 Å². The van der Waals surface area contributed by atoms with Crippen LogP contribution in [0.2, 0.25) is 5.02 Å². The molecule has 0 bridgehead atoms. The summed E-state index contributed by atoms with van der Waals surface area (Å²) >= 11 is 6.17. The molecule has 27 heavy (non-hydrogen) atoms. The van der Waals surface area contributed by atoms with Gasteiger partial charge in [0.25, 0.3) is 11.8 Å². The lowest BCUT2D eigenvalue weighted by Gasteiger charge is -2.13. The van der Waals surface area contributed by atoms with Crippen molar-refractivity contribution >= 4 is 29.1 Å². The van der Waals surface area contributed by atoms with Gasteiger partial charge in [0.15, 0.2) is 11.5 Å². The molecule has 6 nitrogen and oxygen atoms in total. The molecule has 1 fully saturated rings. The molecule has 2 aromatic rings. The minimum atomic E-state index is -0.360. The largest absolute Gasteiger partial charge is 0.493 e. The summed E-state index contributed by atoms with van der Waals surface area (Å²) in [4.78, 5) is 24.9. The molecule has 0 saturated heterocycles. The van der Waals surface area contributed by atoms with E-state index < -0.39 is 0 Å². The number of methoxy groups -OCH3 is 2. The zero-order valence-electron chi connectivity index (χ0n) is 15.4. The zero-order valence-corrected chi connectivity index (χ0v) is 16.1. The van der Waals surface area contributed by atoms with Gasteiger partial charge in [-0.25, -0.2) is 0 Å². The topological polar surface area (TPSA) is 76.7 Å². The van der Waals surface area contributed by atoms with Crippen molar-refractivity contribution in [3.8, 4) is 11.5 Å². The highest BCUT2D eigenvalue weighted by atomic mass is 35.5. The third kappa shape index (κ3) is 4.34. The van der Waals surface area contributed by atoms with Gasteiger partial charge >= 0.3 is 0 Å². The van der Waals surface area contributed by atoms with Gasteiger partial charge in [0.1, 0.15) is 0 Å². The van der Waals surface area contributed by atoms with Gasteiger partial charge in [-0.3, -0.25) is 9.59 Å². The number of benzene rings is 2. The Hall–Kier alpha value is -2.73. The van der Waals surface area contributed by atoms with Crippen LogP contribution >= 0.6 is 11.6 Å². The molecule has 0 unspecified atom stereocenters. The third-order valence-corrected chi connectivity index (χ3v) is 4.64. The van der Waals surface area contributed by atoms with Gasteiger partial charge in [-0.15, -0.1) is 0 Å². The van der Waals surface area contributed by atoms with E-state index in [0.717, 1.165) is 18.4 Å². The van der Waals surface area contributed by atoms with E-state index in [2.05, 4.69) is 10.6 Å². The van der Waals surface area contributed by atoms with Gasteiger partial charge in [0, 0.05) is 22.9 Å². The second kappa shape index (κ2) is 7.88. The second-order valence-electron chi connectivity index (χ2n) is 6.43. The maximum atomic E-state index is 12.7. The predicted octanol–water partition coefficient (Wildman–Crippen LogP) is 3.81. The first-order valence-electron chi connectivity index (χ1n) is 8.57. The highest BCUT2D eigenvalue weighted by Crippen LogP contribution is 2.36. The van der Waals surface area contributed by atoms with Gasteiger partial charge < -0.3 is 20.1 Å². The summed E-state index contributed by atoms with van der Waals surface area (Å²) in [6, 6.07) is 8.56. The number of aryl methyl sites for hydroxylation is 1. The number of nitrogens with one attached hydrogen (secondary N) is 2. The number of hydrogen-bond donors (Lipinski definition) is 2. The van der Waals surface area contributed by atoms with Crippen LogP contribution in [0.25, 0.3) is 0 Å². The summed E-state index contributed by atoms with van der Waals surface area (Å²) in [7, 11) is 2.95. The first-order chi connectivity index (χ1) is 12.9. The number of ether oxygens (including phenoxy) is 2. The molecule has 0 heterocycles. The number of anilines is 1. The van der Waals surface area contributed by atoms with Crippen LogP contribution in [-0.4, -0.2) is 32.1 Å². The fraction of sp³-hybridized carbons (Fsp3) is 0.300. The number of halogens is 1. The fourth-order valence-corrected chi connectivity index (χ4v) is 2.93. The van der Waals surface area contributed by atoms with Crippen molar-refractivity contribution in [2.24, 2.45) is 0 Å². The number of hydrogen-bond acceptors (Lipinski definition) is 4. The van der Waals surface area contributed by atoms with Gasteiger partial charge in [-0.1, -0.05) is 17.7 Å². The number of amides is 2. The molecule has 0 aliphatic heterocycles. The molecule has 0 atom stereocenters. The number of carbonyl (C=O) groups excluding carboxylic acids is 2. The van der Waals surface area contributed by atoms with E-state index in [1.54, 1.807) is 24.3 Å². The lowest BCUT2D eigenvalue weighted by Crippen LogP contribution is -2.25. The minimum absolute atomic E-state index is 0.137. The molecule has 3 rings (SSSR count). The Bertz CT molecular complexity index is 894. The summed E-state index contributed by atoms with van der Waals surface area (Å²) in [6.07, 6.45) is 2.03. The van der Waals surface area contributed by atoms with E-state index >= 15 is 0 Å². The van der Waals surface area contributed by atoms with E-state index in [1.807, 2.05) is 6.92 Å². The van der Waals surface area contributed by atoms with Gasteiger partial charge in [0.05, 0.1) is 19.2 Å². The maximum Gasteiger partial charge on any atom is 0.255 e. The Morgan fingerprint density at radius 2 is 1.78 bits per heavy atom. The van der Waals surface area contributed by atoms with Crippen molar-refractivity contribution in [2.45, 2.75) is 25.8 Å². The molecule has 2 amide bonds. The van der Waals surface area contributed by atoms with E-state index in [4.69, 9.17) is 21.1 Å². The zero-order chi connectivity index (χ0) is 19.6. The average Bonchev–Trinajstić information content (AvgIpc) is 3.46. The van der Waals surface area contributed by atoms with Crippen LogP contribution in [0.5, 0.6) is 11.5 Å². The molecule has 142 valence electrons. The molecule has 1 aliphatic carbocycles. The van der Waals surface area contributed by atoms with Crippen LogP contribution in [0.4, 0.5) is 5.69 Å². The number of carbonyl (C=O) groups is 2. The Morgan fingerprint density at radius 3 is 2.41 bits per heavy atom. The standard InChI is InChI=1S/C20H21ClN2O4/c1-11-4-5-12(19(24)22-14-6-7-14)9-16(11)23-20(25)13-8-15(21)18(27-3)17(10-13)26-2/h4-5,8-10,14H,6-7H2,1-3H3,(H,22,24)(H,23,25). The van der Waals surface area contributed by atoms with Gasteiger partial charge in [-0.2, -0.15) is 0 Å². The van der Waals surface area contributed by atoms with Crippen LogP contribution in [0.15, 0.2) is 30.3 Å². The monoisotopic (exact) mass is 388 g/mol. The predicted molar refractivity (Wildman–Crippen MR) is 104 cm³/mol. The van der Waals surface area contributed by atoms with E-state index in [9.17, 15) is 9.59 Å². The first kappa shape index (κ1) is 19.0. The Morgan fingerprint density at radius 1 is 1.04 bits per heavy atom. The summed E-state index contributed by atoms with van der Waals surface area (Å²) in [6.45, 7) is 1.86. The quantitative estimate of drug-likeness (QED) is 0.788. The van der Waals surface area contributed by atoms with Crippen LogP contribution in [0.1, 0.15) is 39.1 Å². The van der Waals surface area contributed by atoms with Crippen molar-refractivity contribution in [3.05, 3.63) is 52.0 Å². The van der Waals surface area contributed by atoms with Crippen LogP contribution in [-0.2, 0) is 0 Å². The van der Waals surface area contributed by atoms with E-state index in [1.165, 1.54) is 20.3 Å². The summed E-state index contributed by atoms with van der Waals surface area (Å²) < 4.78 is 10.4. The second-order valence-corrected chi connectivity index (χ2v) is 6.83. The van der Waals surface area contributed by atoms with Gasteiger partial charge in [-0.05, 0) is 49.6 Å². The molecule has 2 N–H and O–H groups in total. The number of rotatable bonds is 6. The molecule has 7 heteroatoms. The summed E-state index contributed by atoms with van der Waals surface area (Å²) in [5.74, 6) is 0.234. The molecule has 1 aliphatic rings. The average molecular weight is 389 g/mol. The highest BCUT2D eigenvalue weighted by Gasteiger charge is 2.24. The minimum Gasteiger partial charge on any atom is -0.493 e. The molecule has 2 aromatic carbocycles. The normalized spacial score (nSPS) is 13.0. The SMILES string of the molecule is COc1cc(C(=O)Nc2cc(C(=O)NC3CC3)ccc2C)cc(Cl)c1OC. The van der Waals surface area contributed by atoms with Crippen molar-refractivity contribution in [1.29, 1.82) is 0 Å². The summed E-state index contributed by atoms with van der Waals surface area (Å²) in [5, 5.41) is 6.04. The van der Waals surface area contributed by atoms with Gasteiger partial charge in [0.2, 0.25) is 0 Å². The van der Waals surface area contributed by atoms with Crippen molar-refractivity contribution in [2.75, 3.05) is 19.5 Å². The Balaban J connectivity index is 1.83.